The summed E-state index contributed by atoms with van der Waals surface area (Å²) < 4.78 is 19.2. The van der Waals surface area contributed by atoms with Crippen LogP contribution in [0.2, 0.25) is 0 Å². The molecule has 1 aromatic heterocycles. The van der Waals surface area contributed by atoms with Crippen molar-refractivity contribution in [1.29, 1.82) is 0 Å². The summed E-state index contributed by atoms with van der Waals surface area (Å²) in [4.78, 5) is 10.8. The minimum atomic E-state index is -0.200. The number of guanidine groups is 1. The molecule has 9 heteroatoms. The molecule has 2 aromatic rings. The number of thioether (sulfide) groups is 1. The van der Waals surface area contributed by atoms with E-state index in [0.717, 1.165) is 80.5 Å². The molecular weight excluding hydrogens is 528 g/mol. The van der Waals surface area contributed by atoms with Crippen molar-refractivity contribution in [2.45, 2.75) is 25.3 Å². The van der Waals surface area contributed by atoms with E-state index in [0.29, 0.717) is 0 Å². The number of aromatic nitrogens is 1. The molecule has 0 spiro atoms. The lowest BCUT2D eigenvalue weighted by Gasteiger charge is -2.42. The average molecular weight is 562 g/mol. The maximum absolute atomic E-state index is 13.6. The zero-order valence-electron chi connectivity index (χ0n) is 18.1. The first-order valence-corrected chi connectivity index (χ1v) is 12.0. The maximum Gasteiger partial charge on any atom is 0.191 e. The highest BCUT2D eigenvalue weighted by Gasteiger charge is 2.40. The Morgan fingerprint density at radius 1 is 1.32 bits per heavy atom. The Bertz CT molecular complexity index is 865. The third-order valence-electron chi connectivity index (χ3n) is 6.06. The summed E-state index contributed by atoms with van der Waals surface area (Å²) in [5, 5.41) is 7.79. The Kier molecular flexibility index (Phi) is 9.30. The van der Waals surface area contributed by atoms with Gasteiger partial charge in [-0.25, -0.2) is 4.39 Å². The van der Waals surface area contributed by atoms with Gasteiger partial charge in [0.15, 0.2) is 5.96 Å². The second-order valence-corrected chi connectivity index (χ2v) is 9.11. The van der Waals surface area contributed by atoms with Crippen LogP contribution in [0, 0.1) is 5.82 Å². The molecule has 172 valence electrons. The number of H-pyrrole nitrogens is 1. The van der Waals surface area contributed by atoms with Gasteiger partial charge in [0.1, 0.15) is 5.82 Å². The van der Waals surface area contributed by atoms with E-state index in [-0.39, 0.29) is 35.3 Å². The van der Waals surface area contributed by atoms with Gasteiger partial charge in [0.25, 0.3) is 0 Å². The second-order valence-electron chi connectivity index (χ2n) is 8.00. The number of hydrogen-bond acceptors (Lipinski definition) is 4. The van der Waals surface area contributed by atoms with Gasteiger partial charge in [0.05, 0.1) is 25.3 Å². The number of nitrogens with zero attached hydrogens (tertiary/aromatic N) is 2. The smallest absolute Gasteiger partial charge is 0.191 e. The summed E-state index contributed by atoms with van der Waals surface area (Å²) in [6, 6.07) is 4.88. The Hall–Kier alpha value is -1.04. The minimum Gasteiger partial charge on any atom is -0.379 e. The summed E-state index contributed by atoms with van der Waals surface area (Å²) in [5.74, 6) is 2.99. The van der Waals surface area contributed by atoms with Crippen molar-refractivity contribution in [3.63, 3.8) is 0 Å². The fourth-order valence-corrected chi connectivity index (χ4v) is 5.82. The molecule has 2 aliphatic rings. The summed E-state index contributed by atoms with van der Waals surface area (Å²) in [5.41, 5.74) is 2.23. The summed E-state index contributed by atoms with van der Waals surface area (Å²) >= 11 is 2.03. The predicted molar refractivity (Wildman–Crippen MR) is 138 cm³/mol. The van der Waals surface area contributed by atoms with Crippen LogP contribution in [0.25, 0.3) is 10.9 Å². The quantitative estimate of drug-likeness (QED) is 0.276. The van der Waals surface area contributed by atoms with E-state index in [4.69, 9.17) is 9.73 Å². The van der Waals surface area contributed by atoms with Gasteiger partial charge in [0.2, 0.25) is 0 Å². The van der Waals surface area contributed by atoms with Crippen molar-refractivity contribution < 1.29 is 9.13 Å². The van der Waals surface area contributed by atoms with Crippen molar-refractivity contribution in [3.05, 3.63) is 35.8 Å². The number of morpholine rings is 1. The first-order valence-electron chi connectivity index (χ1n) is 10.9. The Labute approximate surface area is 205 Å². The van der Waals surface area contributed by atoms with Gasteiger partial charge in [-0.15, -0.1) is 24.0 Å². The lowest BCUT2D eigenvalue weighted by Crippen LogP contribution is -2.56. The van der Waals surface area contributed by atoms with Gasteiger partial charge in [-0.1, -0.05) is 0 Å². The van der Waals surface area contributed by atoms with E-state index in [1.165, 1.54) is 18.2 Å². The number of fused-ring (bicyclic) bond motifs is 1. The lowest BCUT2D eigenvalue weighted by atomic mass is 9.96. The SMILES string of the molecule is CCNC(=NCC1(N2CCOCC2)CCSC1)NCCc1c[nH]c2ccc(F)cc12.I. The molecule has 0 bridgehead atoms. The van der Waals surface area contributed by atoms with Crippen molar-refractivity contribution in [2.75, 3.05) is 57.4 Å². The minimum absolute atomic E-state index is 0. The van der Waals surface area contributed by atoms with Gasteiger partial charge >= 0.3 is 0 Å². The maximum atomic E-state index is 13.6. The number of benzene rings is 1. The van der Waals surface area contributed by atoms with E-state index >= 15 is 0 Å². The first kappa shape index (κ1) is 24.6. The molecule has 2 fully saturated rings. The van der Waals surface area contributed by atoms with Crippen LogP contribution < -0.4 is 10.6 Å². The van der Waals surface area contributed by atoms with Gasteiger partial charge < -0.3 is 20.4 Å². The van der Waals surface area contributed by atoms with Crippen molar-refractivity contribution >= 4 is 52.6 Å². The molecule has 3 heterocycles. The monoisotopic (exact) mass is 561 g/mol. The van der Waals surface area contributed by atoms with Crippen LogP contribution in [-0.4, -0.2) is 78.8 Å². The summed E-state index contributed by atoms with van der Waals surface area (Å²) in [7, 11) is 0. The van der Waals surface area contributed by atoms with Crippen LogP contribution in [0.3, 0.4) is 0 Å². The number of aromatic amines is 1. The van der Waals surface area contributed by atoms with Gasteiger partial charge in [-0.05, 0) is 49.3 Å². The van der Waals surface area contributed by atoms with Gasteiger partial charge in [-0.2, -0.15) is 11.8 Å². The van der Waals surface area contributed by atoms with Crippen LogP contribution in [0.4, 0.5) is 4.39 Å². The van der Waals surface area contributed by atoms with E-state index in [1.54, 1.807) is 12.1 Å². The average Bonchev–Trinajstić information content (AvgIpc) is 3.41. The van der Waals surface area contributed by atoms with Crippen molar-refractivity contribution in [1.82, 2.24) is 20.5 Å². The zero-order chi connectivity index (χ0) is 20.8. The zero-order valence-corrected chi connectivity index (χ0v) is 21.2. The number of aliphatic imine (C=N–C) groups is 1. The fourth-order valence-electron chi connectivity index (χ4n) is 4.35. The third kappa shape index (κ3) is 6.06. The number of halogens is 2. The molecule has 1 aromatic carbocycles. The molecule has 1 unspecified atom stereocenters. The van der Waals surface area contributed by atoms with Crippen LogP contribution >= 0.6 is 35.7 Å². The molecule has 31 heavy (non-hydrogen) atoms. The number of nitrogens with one attached hydrogen (secondary N) is 3. The molecule has 0 amide bonds. The Balaban J connectivity index is 0.00000272. The highest BCUT2D eigenvalue weighted by Crippen LogP contribution is 2.34. The molecular formula is C22H33FIN5OS. The topological polar surface area (TPSA) is 64.7 Å². The molecule has 0 saturated carbocycles. The second kappa shape index (κ2) is 11.7. The number of hydrogen-bond donors (Lipinski definition) is 3. The van der Waals surface area contributed by atoms with Gasteiger partial charge in [-0.3, -0.25) is 9.89 Å². The van der Waals surface area contributed by atoms with Crippen molar-refractivity contribution in [2.24, 2.45) is 4.99 Å². The molecule has 4 rings (SSSR count). The van der Waals surface area contributed by atoms with Crippen LogP contribution in [0.1, 0.15) is 18.9 Å². The van der Waals surface area contributed by atoms with Crippen LogP contribution in [-0.2, 0) is 11.2 Å². The molecule has 2 saturated heterocycles. The van der Waals surface area contributed by atoms with E-state index in [9.17, 15) is 4.39 Å². The highest BCUT2D eigenvalue weighted by atomic mass is 127. The standard InChI is InChI=1S/C22H32FN5OS.HI/c1-2-24-21(25-7-5-17-14-26-20-4-3-18(23)13-19(17)20)27-15-22(6-12-30-16-22)28-8-10-29-11-9-28;/h3-4,13-14,26H,2,5-12,15-16H2,1H3,(H2,24,25,27);1H. The van der Waals surface area contributed by atoms with Crippen molar-refractivity contribution in [3.8, 4) is 0 Å². The molecule has 0 radical (unpaired) electrons. The molecule has 6 nitrogen and oxygen atoms in total. The van der Waals surface area contributed by atoms with Crippen LogP contribution in [0.15, 0.2) is 29.4 Å². The normalized spacial score (nSPS) is 22.5. The molecule has 0 aliphatic carbocycles. The highest BCUT2D eigenvalue weighted by molar-refractivity contribution is 14.0. The first-order chi connectivity index (χ1) is 14.7. The third-order valence-corrected chi connectivity index (χ3v) is 7.29. The molecule has 1 atom stereocenters. The van der Waals surface area contributed by atoms with E-state index in [1.807, 2.05) is 18.0 Å². The van der Waals surface area contributed by atoms with Crippen LogP contribution in [0.5, 0.6) is 0 Å². The number of rotatable bonds is 7. The van der Waals surface area contributed by atoms with E-state index in [2.05, 4.69) is 27.4 Å². The van der Waals surface area contributed by atoms with E-state index < -0.39 is 0 Å². The Morgan fingerprint density at radius 3 is 2.90 bits per heavy atom. The predicted octanol–water partition coefficient (Wildman–Crippen LogP) is 3.23. The fraction of sp³-hybridized carbons (Fsp3) is 0.591. The molecule has 3 N–H and O–H groups in total. The summed E-state index contributed by atoms with van der Waals surface area (Å²) in [6.45, 7) is 8.09. The molecule has 2 aliphatic heterocycles. The Morgan fingerprint density at radius 2 is 2.16 bits per heavy atom. The lowest BCUT2D eigenvalue weighted by molar-refractivity contribution is -0.0104. The number of ether oxygens (including phenoxy) is 1. The summed E-state index contributed by atoms with van der Waals surface area (Å²) in [6.07, 6.45) is 3.96. The largest absolute Gasteiger partial charge is 0.379 e. The van der Waals surface area contributed by atoms with Gasteiger partial charge in [0, 0.05) is 49.0 Å².